The van der Waals surface area contributed by atoms with E-state index in [1.54, 1.807) is 0 Å². The minimum atomic E-state index is 0.423. The minimum Gasteiger partial charge on any atom is -0.308 e. The largest absolute Gasteiger partial charge is 0.308 e. The van der Waals surface area contributed by atoms with Crippen LogP contribution in [0, 0.1) is 6.92 Å². The smallest absolute Gasteiger partial charge is 0.0417 e. The van der Waals surface area contributed by atoms with Crippen molar-refractivity contribution in [1.29, 1.82) is 0 Å². The summed E-state index contributed by atoms with van der Waals surface area (Å²) in [5.41, 5.74) is 0.423. The Morgan fingerprint density at radius 1 is 1.40 bits per heavy atom. The van der Waals surface area contributed by atoms with Crippen molar-refractivity contribution in [2.45, 2.75) is 70.5 Å². The first-order valence-corrected chi connectivity index (χ1v) is 9.02. The monoisotopic (exact) mass is 292 g/mol. The number of thiophene rings is 1. The number of hydrogen-bond donors (Lipinski definition) is 1. The summed E-state index contributed by atoms with van der Waals surface area (Å²) < 4.78 is 0. The molecule has 2 fully saturated rings. The summed E-state index contributed by atoms with van der Waals surface area (Å²) in [7, 11) is 0. The lowest BCUT2D eigenvalue weighted by Crippen LogP contribution is -2.63. The van der Waals surface area contributed by atoms with E-state index in [9.17, 15) is 0 Å². The molecule has 1 aromatic heterocycles. The Labute approximate surface area is 127 Å². The van der Waals surface area contributed by atoms with Crippen molar-refractivity contribution >= 4 is 11.3 Å². The lowest BCUT2D eigenvalue weighted by molar-refractivity contribution is 0.0474. The highest BCUT2D eigenvalue weighted by Crippen LogP contribution is 2.38. The molecule has 1 aliphatic carbocycles. The second kappa shape index (κ2) is 5.78. The van der Waals surface area contributed by atoms with Crippen LogP contribution in [0.15, 0.2) is 12.1 Å². The molecule has 1 N–H and O–H groups in total. The van der Waals surface area contributed by atoms with E-state index in [0.717, 1.165) is 0 Å². The number of nitrogens with zero attached hydrogens (tertiary/aromatic N) is 1. The van der Waals surface area contributed by atoms with Gasteiger partial charge in [0.25, 0.3) is 0 Å². The van der Waals surface area contributed by atoms with Crippen LogP contribution in [0.4, 0.5) is 0 Å². The third-order valence-electron chi connectivity index (χ3n) is 5.37. The molecule has 0 aromatic carbocycles. The summed E-state index contributed by atoms with van der Waals surface area (Å²) >= 11 is 1.97. The van der Waals surface area contributed by atoms with E-state index in [0.29, 0.717) is 17.6 Å². The number of rotatable bonds is 3. The summed E-state index contributed by atoms with van der Waals surface area (Å²) in [4.78, 5) is 5.76. The van der Waals surface area contributed by atoms with Gasteiger partial charge in [0.05, 0.1) is 0 Å². The fourth-order valence-corrected chi connectivity index (χ4v) is 5.00. The summed E-state index contributed by atoms with van der Waals surface area (Å²) in [5, 5.41) is 3.90. The van der Waals surface area contributed by atoms with Crippen LogP contribution >= 0.6 is 11.3 Å². The molecule has 20 heavy (non-hydrogen) atoms. The Morgan fingerprint density at radius 3 is 2.75 bits per heavy atom. The highest BCUT2D eigenvalue weighted by molar-refractivity contribution is 7.12. The van der Waals surface area contributed by atoms with Crippen molar-refractivity contribution in [3.8, 4) is 0 Å². The Balaban J connectivity index is 1.79. The highest BCUT2D eigenvalue weighted by Gasteiger charge is 2.42. The van der Waals surface area contributed by atoms with E-state index in [1.807, 2.05) is 11.3 Å². The second-order valence-corrected chi connectivity index (χ2v) is 8.05. The molecule has 1 aliphatic heterocycles. The molecule has 2 aliphatic rings. The summed E-state index contributed by atoms with van der Waals surface area (Å²) in [6.45, 7) is 9.36. The van der Waals surface area contributed by atoms with Crippen molar-refractivity contribution in [1.82, 2.24) is 10.2 Å². The lowest BCUT2D eigenvalue weighted by atomic mass is 9.90. The minimum absolute atomic E-state index is 0.423. The zero-order chi connectivity index (χ0) is 14.2. The molecule has 2 atom stereocenters. The van der Waals surface area contributed by atoms with Gasteiger partial charge in [0.1, 0.15) is 0 Å². The third kappa shape index (κ3) is 2.68. The predicted molar refractivity (Wildman–Crippen MR) is 87.5 cm³/mol. The van der Waals surface area contributed by atoms with Gasteiger partial charge >= 0.3 is 0 Å². The Bertz CT molecular complexity index is 448. The first-order chi connectivity index (χ1) is 9.63. The lowest BCUT2D eigenvalue weighted by Gasteiger charge is -2.48. The molecule has 1 spiro atoms. The quantitative estimate of drug-likeness (QED) is 0.901. The van der Waals surface area contributed by atoms with E-state index in [1.165, 1.54) is 54.9 Å². The van der Waals surface area contributed by atoms with Crippen LogP contribution in [0.1, 0.15) is 61.7 Å². The van der Waals surface area contributed by atoms with Gasteiger partial charge in [-0.1, -0.05) is 19.8 Å². The molecule has 1 saturated carbocycles. The molecule has 0 radical (unpaired) electrons. The van der Waals surface area contributed by atoms with Crippen LogP contribution < -0.4 is 5.32 Å². The first kappa shape index (κ1) is 14.6. The van der Waals surface area contributed by atoms with Crippen molar-refractivity contribution in [2.75, 3.05) is 13.1 Å². The molecule has 3 rings (SSSR count). The van der Waals surface area contributed by atoms with Crippen molar-refractivity contribution in [3.63, 3.8) is 0 Å². The van der Waals surface area contributed by atoms with Gasteiger partial charge < -0.3 is 5.32 Å². The number of piperazine rings is 1. The normalized spacial score (nSPS) is 28.1. The molecule has 0 amide bonds. The second-order valence-electron chi connectivity index (χ2n) is 6.73. The molecule has 112 valence electrons. The summed E-state index contributed by atoms with van der Waals surface area (Å²) in [6.07, 6.45) is 6.80. The van der Waals surface area contributed by atoms with Crippen LogP contribution in [0.2, 0.25) is 0 Å². The van der Waals surface area contributed by atoms with E-state index in [-0.39, 0.29) is 0 Å². The molecular weight excluding hydrogens is 264 g/mol. The zero-order valence-corrected chi connectivity index (χ0v) is 13.9. The average Bonchev–Trinajstić information content (AvgIpc) is 3.08. The fraction of sp³-hybridized carbons (Fsp3) is 0.765. The molecule has 1 saturated heterocycles. The van der Waals surface area contributed by atoms with Gasteiger partial charge in [-0.3, -0.25) is 4.90 Å². The van der Waals surface area contributed by atoms with Crippen LogP contribution in [0.25, 0.3) is 0 Å². The van der Waals surface area contributed by atoms with E-state index < -0.39 is 0 Å². The topological polar surface area (TPSA) is 15.3 Å². The Kier molecular flexibility index (Phi) is 4.21. The van der Waals surface area contributed by atoms with Gasteiger partial charge in [0.2, 0.25) is 0 Å². The summed E-state index contributed by atoms with van der Waals surface area (Å²) in [6, 6.07) is 5.86. The maximum atomic E-state index is 3.90. The van der Waals surface area contributed by atoms with Crippen molar-refractivity contribution in [2.24, 2.45) is 0 Å². The average molecular weight is 292 g/mol. The van der Waals surface area contributed by atoms with Gasteiger partial charge in [0.15, 0.2) is 0 Å². The standard InChI is InChI=1S/C17H28N2S/c1-4-15-11-18-17(9-5-6-10-17)12-19(15)14(3)16-8-7-13(2)20-16/h7-8,14-15,18H,4-6,9-12H2,1-3H3. The maximum Gasteiger partial charge on any atom is 0.0417 e. The van der Waals surface area contributed by atoms with Crippen molar-refractivity contribution < 1.29 is 0 Å². The van der Waals surface area contributed by atoms with Gasteiger partial charge in [-0.05, 0) is 45.2 Å². The van der Waals surface area contributed by atoms with Crippen molar-refractivity contribution in [3.05, 3.63) is 21.9 Å². The van der Waals surface area contributed by atoms with Crippen LogP contribution in [0.3, 0.4) is 0 Å². The van der Waals surface area contributed by atoms with E-state index >= 15 is 0 Å². The molecule has 3 heteroatoms. The molecule has 2 nitrogen and oxygen atoms in total. The molecule has 2 unspecified atom stereocenters. The van der Waals surface area contributed by atoms with Gasteiger partial charge in [0, 0.05) is 40.5 Å². The van der Waals surface area contributed by atoms with Crippen LogP contribution in [-0.2, 0) is 0 Å². The third-order valence-corrected chi connectivity index (χ3v) is 6.54. The molecular formula is C17H28N2S. The first-order valence-electron chi connectivity index (χ1n) is 8.21. The van der Waals surface area contributed by atoms with E-state index in [4.69, 9.17) is 0 Å². The highest BCUT2D eigenvalue weighted by atomic mass is 32.1. The van der Waals surface area contributed by atoms with Gasteiger partial charge in [-0.25, -0.2) is 0 Å². The zero-order valence-electron chi connectivity index (χ0n) is 13.1. The summed E-state index contributed by atoms with van der Waals surface area (Å²) in [5.74, 6) is 0. The maximum absolute atomic E-state index is 3.90. The van der Waals surface area contributed by atoms with Gasteiger partial charge in [-0.15, -0.1) is 11.3 Å². The number of nitrogens with one attached hydrogen (secondary N) is 1. The van der Waals surface area contributed by atoms with Gasteiger partial charge in [-0.2, -0.15) is 0 Å². The SMILES string of the molecule is CCC1CNC2(CCCC2)CN1C(C)c1ccc(C)s1. The van der Waals surface area contributed by atoms with E-state index in [2.05, 4.69) is 43.1 Å². The Hall–Kier alpha value is -0.380. The predicted octanol–water partition coefficient (Wildman–Crippen LogP) is 4.11. The molecule has 0 bridgehead atoms. The number of hydrogen-bond acceptors (Lipinski definition) is 3. The number of aryl methyl sites for hydroxylation is 1. The molecule has 2 heterocycles. The molecule has 1 aromatic rings. The fourth-order valence-electron chi connectivity index (χ4n) is 4.05. The van der Waals surface area contributed by atoms with Crippen LogP contribution in [0.5, 0.6) is 0 Å². The Morgan fingerprint density at radius 2 is 2.15 bits per heavy atom. The van der Waals surface area contributed by atoms with Crippen LogP contribution in [-0.4, -0.2) is 29.6 Å².